The Morgan fingerprint density at radius 2 is 2.20 bits per heavy atom. The van der Waals surface area contributed by atoms with Crippen LogP contribution in [0.15, 0.2) is 0 Å². The van der Waals surface area contributed by atoms with Crippen LogP contribution < -0.4 is 5.32 Å². The number of likely N-dealkylation sites (N-methyl/N-ethyl adjacent to an activating group) is 1. The Bertz CT molecular complexity index is 104. The van der Waals surface area contributed by atoms with E-state index in [1.807, 2.05) is 20.4 Å². The summed E-state index contributed by atoms with van der Waals surface area (Å²) in [6.45, 7) is 1.97. The topological polar surface area (TPSA) is 15.3 Å². The zero-order valence-electron chi connectivity index (χ0n) is 6.68. The monoisotopic (exact) mass is 178 g/mol. The minimum atomic E-state index is 0.877. The molecule has 0 aromatic rings. The molecule has 0 rings (SSSR count). The maximum atomic E-state index is 4.94. The second-order valence-electron chi connectivity index (χ2n) is 2.22. The average molecular weight is 178 g/mol. The molecule has 60 valence electrons. The lowest BCUT2D eigenvalue weighted by molar-refractivity contribution is 0.413. The first kappa shape index (κ1) is 10.2. The van der Waals surface area contributed by atoms with Crippen molar-refractivity contribution in [3.8, 4) is 0 Å². The molecule has 0 spiro atoms. The van der Waals surface area contributed by atoms with Gasteiger partial charge in [-0.15, -0.1) is 11.8 Å². The molecule has 0 aliphatic heterocycles. The Hall–Kier alpha value is 0.200. The van der Waals surface area contributed by atoms with Gasteiger partial charge in [-0.1, -0.05) is 12.2 Å². The van der Waals surface area contributed by atoms with E-state index in [1.165, 1.54) is 0 Å². The number of hydrogen-bond donors (Lipinski definition) is 1. The molecule has 0 unspecified atom stereocenters. The van der Waals surface area contributed by atoms with Gasteiger partial charge in [0.25, 0.3) is 0 Å². The maximum absolute atomic E-state index is 4.94. The Labute approximate surface area is 72.4 Å². The average Bonchev–Trinajstić information content (AvgIpc) is 1.87. The van der Waals surface area contributed by atoms with E-state index in [1.54, 1.807) is 11.8 Å². The summed E-state index contributed by atoms with van der Waals surface area (Å²) >= 11 is 6.52. The van der Waals surface area contributed by atoms with E-state index >= 15 is 0 Å². The summed E-state index contributed by atoms with van der Waals surface area (Å²) in [6.07, 6.45) is 1.98. The Morgan fingerprint density at radius 1 is 1.60 bits per heavy atom. The van der Waals surface area contributed by atoms with Crippen LogP contribution >= 0.6 is 24.0 Å². The Morgan fingerprint density at radius 3 is 2.60 bits per heavy atom. The third kappa shape index (κ3) is 6.32. The van der Waals surface area contributed by atoms with Crippen LogP contribution in [0.25, 0.3) is 0 Å². The molecule has 1 N–H and O–H groups in total. The van der Waals surface area contributed by atoms with E-state index < -0.39 is 0 Å². The van der Waals surface area contributed by atoms with Crippen molar-refractivity contribution >= 4 is 28.3 Å². The quantitative estimate of drug-likeness (QED) is 0.642. The van der Waals surface area contributed by atoms with Crippen LogP contribution in [0.3, 0.4) is 0 Å². The predicted molar refractivity (Wildman–Crippen MR) is 52.7 cm³/mol. The molecule has 0 bridgehead atoms. The van der Waals surface area contributed by atoms with Gasteiger partial charge in [-0.3, -0.25) is 0 Å². The van der Waals surface area contributed by atoms with Gasteiger partial charge in [0, 0.05) is 13.1 Å². The lowest BCUT2D eigenvalue weighted by Crippen LogP contribution is -2.28. The van der Waals surface area contributed by atoms with Gasteiger partial charge in [-0.25, -0.2) is 0 Å². The zero-order chi connectivity index (χ0) is 7.98. The molecule has 0 aliphatic carbocycles. The van der Waals surface area contributed by atoms with Gasteiger partial charge in [0.2, 0.25) is 0 Å². The lowest BCUT2D eigenvalue weighted by Gasteiger charge is -2.10. The first-order valence-electron chi connectivity index (χ1n) is 3.13. The van der Waals surface area contributed by atoms with Crippen molar-refractivity contribution in [2.75, 3.05) is 33.4 Å². The molecular weight excluding hydrogens is 164 g/mol. The van der Waals surface area contributed by atoms with Crippen LogP contribution in [0, 0.1) is 0 Å². The van der Waals surface area contributed by atoms with E-state index in [0.29, 0.717) is 0 Å². The van der Waals surface area contributed by atoms with E-state index in [2.05, 4.69) is 10.2 Å². The van der Waals surface area contributed by atoms with Crippen LogP contribution in [0.1, 0.15) is 0 Å². The fourth-order valence-corrected chi connectivity index (χ4v) is 0.802. The molecule has 0 amide bonds. The van der Waals surface area contributed by atoms with E-state index in [-0.39, 0.29) is 0 Å². The van der Waals surface area contributed by atoms with E-state index in [4.69, 9.17) is 12.2 Å². The van der Waals surface area contributed by atoms with Gasteiger partial charge < -0.3 is 10.2 Å². The second-order valence-corrected chi connectivity index (χ2v) is 3.70. The smallest absolute Gasteiger partial charge is 0.133 e. The van der Waals surface area contributed by atoms with Crippen molar-refractivity contribution in [3.05, 3.63) is 0 Å². The number of thioether (sulfide) groups is 1. The van der Waals surface area contributed by atoms with Crippen LogP contribution in [0.4, 0.5) is 0 Å². The Balaban J connectivity index is 3.12. The second kappa shape index (κ2) is 5.95. The minimum absolute atomic E-state index is 0.877. The maximum Gasteiger partial charge on any atom is 0.133 e. The molecule has 0 heterocycles. The Kier molecular flexibility index (Phi) is 6.06. The minimum Gasteiger partial charge on any atom is -0.370 e. The van der Waals surface area contributed by atoms with Gasteiger partial charge in [-0.2, -0.15) is 0 Å². The molecule has 4 heteroatoms. The third-order valence-corrected chi connectivity index (χ3v) is 2.17. The SMILES string of the molecule is CSC(=S)NCCN(C)C. The van der Waals surface area contributed by atoms with Crippen molar-refractivity contribution in [2.45, 2.75) is 0 Å². The summed E-state index contributed by atoms with van der Waals surface area (Å²) in [6, 6.07) is 0. The summed E-state index contributed by atoms with van der Waals surface area (Å²) in [4.78, 5) is 2.12. The normalized spacial score (nSPS) is 10.0. The molecule has 0 saturated carbocycles. The first-order chi connectivity index (χ1) is 4.66. The molecule has 0 radical (unpaired) electrons. The number of nitrogens with zero attached hydrogens (tertiary/aromatic N) is 1. The number of thiocarbonyl (C=S) groups is 1. The number of rotatable bonds is 3. The molecule has 0 aromatic heterocycles. The first-order valence-corrected chi connectivity index (χ1v) is 4.76. The van der Waals surface area contributed by atoms with Gasteiger partial charge in [0.1, 0.15) is 4.32 Å². The van der Waals surface area contributed by atoms with Crippen LogP contribution in [-0.2, 0) is 0 Å². The van der Waals surface area contributed by atoms with E-state index in [9.17, 15) is 0 Å². The molecule has 0 aliphatic rings. The van der Waals surface area contributed by atoms with E-state index in [0.717, 1.165) is 17.4 Å². The molecular formula is C6H14N2S2. The number of hydrogen-bond acceptors (Lipinski definition) is 3. The predicted octanol–water partition coefficient (Wildman–Crippen LogP) is 0.785. The zero-order valence-corrected chi connectivity index (χ0v) is 8.31. The molecule has 0 atom stereocenters. The molecule has 10 heavy (non-hydrogen) atoms. The summed E-state index contributed by atoms with van der Waals surface area (Å²) in [5.41, 5.74) is 0. The van der Waals surface area contributed by atoms with Crippen molar-refractivity contribution < 1.29 is 0 Å². The summed E-state index contributed by atoms with van der Waals surface area (Å²) < 4.78 is 0.877. The molecule has 0 fully saturated rings. The molecule has 2 nitrogen and oxygen atoms in total. The highest BCUT2D eigenvalue weighted by Crippen LogP contribution is 1.92. The highest BCUT2D eigenvalue weighted by atomic mass is 32.2. The van der Waals surface area contributed by atoms with Gasteiger partial charge in [0.05, 0.1) is 0 Å². The number of nitrogens with one attached hydrogen (secondary N) is 1. The van der Waals surface area contributed by atoms with Gasteiger partial charge >= 0.3 is 0 Å². The standard InChI is InChI=1S/C6H14N2S2/c1-8(2)5-4-7-6(9)10-3/h4-5H2,1-3H3,(H,7,9). The fraction of sp³-hybridized carbons (Fsp3) is 0.833. The third-order valence-electron chi connectivity index (χ3n) is 1.01. The fourth-order valence-electron chi connectivity index (χ4n) is 0.454. The molecule has 0 saturated heterocycles. The highest BCUT2D eigenvalue weighted by molar-refractivity contribution is 8.22. The summed E-state index contributed by atoms with van der Waals surface area (Å²) in [7, 11) is 4.09. The van der Waals surface area contributed by atoms with Crippen molar-refractivity contribution in [1.82, 2.24) is 10.2 Å². The van der Waals surface area contributed by atoms with Crippen LogP contribution in [0.2, 0.25) is 0 Å². The highest BCUT2D eigenvalue weighted by Gasteiger charge is 1.91. The summed E-state index contributed by atoms with van der Waals surface area (Å²) in [5, 5.41) is 3.12. The van der Waals surface area contributed by atoms with Crippen molar-refractivity contribution in [3.63, 3.8) is 0 Å². The van der Waals surface area contributed by atoms with Gasteiger partial charge in [0.15, 0.2) is 0 Å². The summed E-state index contributed by atoms with van der Waals surface area (Å²) in [5.74, 6) is 0. The van der Waals surface area contributed by atoms with Crippen molar-refractivity contribution in [2.24, 2.45) is 0 Å². The largest absolute Gasteiger partial charge is 0.370 e. The van der Waals surface area contributed by atoms with Crippen LogP contribution in [-0.4, -0.2) is 42.7 Å². The van der Waals surface area contributed by atoms with Crippen LogP contribution in [0.5, 0.6) is 0 Å². The van der Waals surface area contributed by atoms with Crippen molar-refractivity contribution in [1.29, 1.82) is 0 Å². The van der Waals surface area contributed by atoms with Gasteiger partial charge in [-0.05, 0) is 20.4 Å². The lowest BCUT2D eigenvalue weighted by atomic mass is 10.6. The molecule has 0 aromatic carbocycles.